The highest BCUT2D eigenvalue weighted by atomic mass is 35.5. The van der Waals surface area contributed by atoms with Crippen LogP contribution < -0.4 is 5.32 Å². The van der Waals surface area contributed by atoms with Crippen molar-refractivity contribution in [3.63, 3.8) is 0 Å². The molecule has 0 unspecified atom stereocenters. The largest absolute Gasteiger partial charge is 0.457 e. The molecule has 0 aliphatic carbocycles. The van der Waals surface area contributed by atoms with Gasteiger partial charge in [-0.1, -0.05) is 41.4 Å². The lowest BCUT2D eigenvalue weighted by Crippen LogP contribution is -2.15. The number of carbonyl (C=O) groups is 1. The molecule has 0 saturated carbocycles. The molecule has 0 fully saturated rings. The maximum absolute atomic E-state index is 12.6. The Morgan fingerprint density at radius 3 is 2.43 bits per heavy atom. The first-order valence-electron chi connectivity index (χ1n) is 8.75. The van der Waals surface area contributed by atoms with Gasteiger partial charge in [0.2, 0.25) is 0 Å². The number of nitrogens with zero attached hydrogens (tertiary/aromatic N) is 1. The number of halogens is 1. The molecular weight excluding hydrogens is 372 g/mol. The second kappa shape index (κ2) is 8.16. The number of carbonyl (C=O) groups excluding carboxylic acids is 1. The molecule has 140 valence electrons. The van der Waals surface area contributed by atoms with Gasteiger partial charge in [0.15, 0.2) is 0 Å². The topological polar surface area (TPSA) is 66.0 Å². The van der Waals surface area contributed by atoms with E-state index >= 15 is 0 Å². The number of hydrogen-bond acceptors (Lipinski definition) is 3. The van der Waals surface area contributed by atoms with Crippen molar-refractivity contribution in [3.05, 3.63) is 81.6 Å². The number of nitrogens with one attached hydrogen (secondary N) is 1. The number of benzene rings is 2. The number of nitriles is 1. The van der Waals surface area contributed by atoms with Gasteiger partial charge in [0.05, 0.1) is 5.02 Å². The van der Waals surface area contributed by atoms with Gasteiger partial charge in [-0.3, -0.25) is 4.79 Å². The van der Waals surface area contributed by atoms with E-state index in [1.807, 2.05) is 57.2 Å². The van der Waals surface area contributed by atoms with E-state index in [0.29, 0.717) is 22.2 Å². The minimum atomic E-state index is -0.478. The van der Waals surface area contributed by atoms with Gasteiger partial charge >= 0.3 is 0 Å². The number of aryl methyl sites for hydroxylation is 3. The van der Waals surface area contributed by atoms with Crippen LogP contribution in [-0.4, -0.2) is 5.91 Å². The Kier molecular flexibility index (Phi) is 5.67. The zero-order valence-electron chi connectivity index (χ0n) is 15.8. The predicted molar refractivity (Wildman–Crippen MR) is 112 cm³/mol. The van der Waals surface area contributed by atoms with Gasteiger partial charge in [0.25, 0.3) is 5.91 Å². The maximum atomic E-state index is 12.6. The van der Waals surface area contributed by atoms with Gasteiger partial charge in [-0.25, -0.2) is 0 Å². The van der Waals surface area contributed by atoms with E-state index in [9.17, 15) is 10.1 Å². The second-order valence-electron chi connectivity index (χ2n) is 6.58. The van der Waals surface area contributed by atoms with Gasteiger partial charge in [0.1, 0.15) is 23.2 Å². The molecule has 1 aromatic heterocycles. The van der Waals surface area contributed by atoms with Gasteiger partial charge in [-0.05, 0) is 56.2 Å². The fourth-order valence-electron chi connectivity index (χ4n) is 3.09. The fourth-order valence-corrected chi connectivity index (χ4v) is 3.31. The number of furan rings is 1. The zero-order valence-corrected chi connectivity index (χ0v) is 16.6. The molecule has 0 bridgehead atoms. The highest BCUT2D eigenvalue weighted by Gasteiger charge is 2.14. The molecule has 0 aliphatic heterocycles. The van der Waals surface area contributed by atoms with Crippen molar-refractivity contribution in [1.82, 2.24) is 0 Å². The molecule has 0 spiro atoms. The van der Waals surface area contributed by atoms with Crippen molar-refractivity contribution < 1.29 is 9.21 Å². The van der Waals surface area contributed by atoms with Crippen molar-refractivity contribution in [2.75, 3.05) is 5.32 Å². The van der Waals surface area contributed by atoms with Crippen LogP contribution >= 0.6 is 11.6 Å². The molecular formula is C23H19ClN2O2. The third-order valence-electron chi connectivity index (χ3n) is 4.33. The lowest BCUT2D eigenvalue weighted by atomic mass is 10.0. The third-order valence-corrected chi connectivity index (χ3v) is 4.66. The second-order valence-corrected chi connectivity index (χ2v) is 6.99. The van der Waals surface area contributed by atoms with E-state index in [-0.39, 0.29) is 5.57 Å². The highest BCUT2D eigenvalue weighted by Crippen LogP contribution is 2.30. The van der Waals surface area contributed by atoms with Crippen LogP contribution in [0.15, 0.2) is 58.5 Å². The molecule has 1 amide bonds. The molecule has 5 heteroatoms. The molecule has 1 N–H and O–H groups in total. The van der Waals surface area contributed by atoms with Crippen LogP contribution in [0.25, 0.3) is 17.4 Å². The predicted octanol–water partition coefficient (Wildman–Crippen LogP) is 6.07. The van der Waals surface area contributed by atoms with Gasteiger partial charge in [-0.15, -0.1) is 0 Å². The zero-order chi connectivity index (χ0) is 20.3. The Bertz CT molecular complexity index is 1100. The summed E-state index contributed by atoms with van der Waals surface area (Å²) < 4.78 is 5.75. The van der Waals surface area contributed by atoms with Crippen molar-refractivity contribution in [2.45, 2.75) is 20.8 Å². The SMILES string of the molecule is Cc1cc(C)c(NC(=O)C(C#N)=Cc2ccc(-c3ccccc3Cl)o2)c(C)c1. The molecule has 4 nitrogen and oxygen atoms in total. The molecule has 2 aromatic carbocycles. The summed E-state index contributed by atoms with van der Waals surface area (Å²) in [4.78, 5) is 12.6. The summed E-state index contributed by atoms with van der Waals surface area (Å²) in [6.45, 7) is 5.85. The van der Waals surface area contributed by atoms with Crippen LogP contribution in [0.4, 0.5) is 5.69 Å². The molecule has 1 heterocycles. The average Bonchev–Trinajstić information content (AvgIpc) is 3.11. The quantitative estimate of drug-likeness (QED) is 0.434. The fraction of sp³-hybridized carbons (Fsp3) is 0.130. The lowest BCUT2D eigenvalue weighted by molar-refractivity contribution is -0.112. The lowest BCUT2D eigenvalue weighted by Gasteiger charge is -2.12. The smallest absolute Gasteiger partial charge is 0.266 e. The summed E-state index contributed by atoms with van der Waals surface area (Å²) in [5.41, 5.74) is 4.43. The van der Waals surface area contributed by atoms with E-state index in [4.69, 9.17) is 16.0 Å². The highest BCUT2D eigenvalue weighted by molar-refractivity contribution is 6.33. The third kappa shape index (κ3) is 4.16. The molecule has 0 saturated heterocycles. The van der Waals surface area contributed by atoms with E-state index in [1.54, 1.807) is 18.2 Å². The normalized spacial score (nSPS) is 11.2. The summed E-state index contributed by atoms with van der Waals surface area (Å²) in [6, 6.07) is 16.7. The molecule has 0 atom stereocenters. The van der Waals surface area contributed by atoms with E-state index in [0.717, 1.165) is 22.3 Å². The minimum absolute atomic E-state index is 0.0422. The van der Waals surface area contributed by atoms with E-state index in [1.165, 1.54) is 6.08 Å². The van der Waals surface area contributed by atoms with Crippen LogP contribution in [0.3, 0.4) is 0 Å². The number of rotatable bonds is 4. The number of anilines is 1. The first kappa shape index (κ1) is 19.5. The molecule has 0 aliphatic rings. The molecule has 28 heavy (non-hydrogen) atoms. The summed E-state index contributed by atoms with van der Waals surface area (Å²) in [5, 5.41) is 12.8. The molecule has 3 rings (SSSR count). The van der Waals surface area contributed by atoms with Crippen molar-refractivity contribution in [3.8, 4) is 17.4 Å². The Morgan fingerprint density at radius 2 is 1.79 bits per heavy atom. The average molecular weight is 391 g/mol. The van der Waals surface area contributed by atoms with Crippen LogP contribution in [0, 0.1) is 32.1 Å². The summed E-state index contributed by atoms with van der Waals surface area (Å²) >= 11 is 6.19. The first-order chi connectivity index (χ1) is 13.4. The summed E-state index contributed by atoms with van der Waals surface area (Å²) in [5.74, 6) is 0.493. The van der Waals surface area contributed by atoms with Crippen LogP contribution in [-0.2, 0) is 4.79 Å². The summed E-state index contributed by atoms with van der Waals surface area (Å²) in [7, 11) is 0. The standard InChI is InChI=1S/C23H19ClN2O2/c1-14-10-15(2)22(16(3)11-14)26-23(27)17(13-25)12-18-8-9-21(28-18)19-6-4-5-7-20(19)24/h4-12H,1-3H3,(H,26,27). The number of amides is 1. The van der Waals surface area contributed by atoms with Gasteiger partial charge in [0, 0.05) is 17.3 Å². The Hall–Kier alpha value is -3.29. The van der Waals surface area contributed by atoms with Gasteiger partial charge in [-0.2, -0.15) is 5.26 Å². The molecule has 3 aromatic rings. The van der Waals surface area contributed by atoms with Crippen LogP contribution in [0.2, 0.25) is 5.02 Å². The van der Waals surface area contributed by atoms with Gasteiger partial charge < -0.3 is 9.73 Å². The summed E-state index contributed by atoms with van der Waals surface area (Å²) in [6.07, 6.45) is 1.43. The van der Waals surface area contributed by atoms with Crippen LogP contribution in [0.5, 0.6) is 0 Å². The molecule has 0 radical (unpaired) electrons. The van der Waals surface area contributed by atoms with Crippen molar-refractivity contribution >= 4 is 29.3 Å². The minimum Gasteiger partial charge on any atom is -0.457 e. The van der Waals surface area contributed by atoms with Crippen LogP contribution in [0.1, 0.15) is 22.5 Å². The van der Waals surface area contributed by atoms with E-state index in [2.05, 4.69) is 5.32 Å². The maximum Gasteiger partial charge on any atom is 0.266 e. The van der Waals surface area contributed by atoms with Crippen molar-refractivity contribution in [1.29, 1.82) is 5.26 Å². The Balaban J connectivity index is 1.86. The number of hydrogen-bond donors (Lipinski definition) is 1. The Labute approximate surface area is 169 Å². The van der Waals surface area contributed by atoms with Crippen molar-refractivity contribution in [2.24, 2.45) is 0 Å². The van der Waals surface area contributed by atoms with E-state index < -0.39 is 5.91 Å². The monoisotopic (exact) mass is 390 g/mol. The first-order valence-corrected chi connectivity index (χ1v) is 9.12. The Morgan fingerprint density at radius 1 is 1.11 bits per heavy atom.